The van der Waals surface area contributed by atoms with Crippen LogP contribution in [0.25, 0.3) is 0 Å². The first kappa shape index (κ1) is 14.3. The summed E-state index contributed by atoms with van der Waals surface area (Å²) in [5.41, 5.74) is 17.1. The zero-order valence-electron chi connectivity index (χ0n) is 9.73. The Labute approximate surface area is 110 Å². The largest absolute Gasteiger partial charge is 0.398 e. The molecule has 0 atom stereocenters. The summed E-state index contributed by atoms with van der Waals surface area (Å²) in [4.78, 5) is 23.3. The molecule has 6 N–H and O–H groups in total. The van der Waals surface area contributed by atoms with E-state index in [-0.39, 0.29) is 19.6 Å². The molecule has 1 aromatic carbocycles. The van der Waals surface area contributed by atoms with Crippen LogP contribution >= 0.6 is 11.6 Å². The lowest BCUT2D eigenvalue weighted by molar-refractivity contribution is -0.122. The molecule has 0 aromatic heterocycles. The first-order chi connectivity index (χ1) is 8.40. The predicted octanol–water partition coefficient (Wildman–Crippen LogP) is -0.305. The van der Waals surface area contributed by atoms with Crippen molar-refractivity contribution in [3.05, 3.63) is 28.8 Å². The van der Waals surface area contributed by atoms with Gasteiger partial charge in [-0.1, -0.05) is 17.7 Å². The second kappa shape index (κ2) is 6.23. The molecule has 0 saturated heterocycles. The maximum Gasteiger partial charge on any atom is 0.231 e. The fourth-order valence-corrected chi connectivity index (χ4v) is 1.82. The minimum Gasteiger partial charge on any atom is -0.398 e. The molecule has 6 nitrogen and oxygen atoms in total. The summed E-state index contributed by atoms with van der Waals surface area (Å²) in [6, 6.07) is 5.08. The molecule has 18 heavy (non-hydrogen) atoms. The lowest BCUT2D eigenvalue weighted by atomic mass is 10.1. The molecule has 0 aliphatic heterocycles. The van der Waals surface area contributed by atoms with Crippen LogP contribution in [0, 0.1) is 0 Å². The van der Waals surface area contributed by atoms with Gasteiger partial charge in [-0.05, 0) is 12.1 Å². The number of carbonyl (C=O) groups is 2. The van der Waals surface area contributed by atoms with Crippen molar-refractivity contribution in [1.29, 1.82) is 0 Å². The summed E-state index contributed by atoms with van der Waals surface area (Å²) in [6.45, 7) is 0.0542. The number of rotatable bonds is 6. The predicted molar refractivity (Wildman–Crippen MR) is 69.5 cm³/mol. The SMILES string of the molecule is NC(=O)CN(CC(N)=O)Cc1c(N)cccc1Cl. The number of nitrogen functional groups attached to an aromatic ring is 1. The van der Waals surface area contributed by atoms with Gasteiger partial charge < -0.3 is 17.2 Å². The quantitative estimate of drug-likeness (QED) is 0.615. The molecule has 0 aliphatic rings. The topological polar surface area (TPSA) is 115 Å². The molecule has 1 rings (SSSR count). The molecule has 0 aliphatic carbocycles. The van der Waals surface area contributed by atoms with Crippen molar-refractivity contribution in [3.63, 3.8) is 0 Å². The van der Waals surface area contributed by atoms with Crippen LogP contribution in [0.1, 0.15) is 5.56 Å². The van der Waals surface area contributed by atoms with Crippen molar-refractivity contribution in [2.75, 3.05) is 18.8 Å². The Hall–Kier alpha value is -1.79. The van der Waals surface area contributed by atoms with E-state index in [9.17, 15) is 9.59 Å². The number of anilines is 1. The number of hydrogen-bond acceptors (Lipinski definition) is 4. The second-order valence-corrected chi connectivity index (χ2v) is 4.29. The van der Waals surface area contributed by atoms with Gasteiger partial charge in [-0.25, -0.2) is 0 Å². The second-order valence-electron chi connectivity index (χ2n) is 3.89. The fraction of sp³-hybridized carbons (Fsp3) is 0.273. The minimum atomic E-state index is -0.554. The van der Waals surface area contributed by atoms with Crippen molar-refractivity contribution in [2.45, 2.75) is 6.54 Å². The van der Waals surface area contributed by atoms with Gasteiger partial charge in [0.05, 0.1) is 13.1 Å². The molecule has 0 unspecified atom stereocenters. The molecule has 0 bridgehead atoms. The zero-order valence-corrected chi connectivity index (χ0v) is 10.5. The third-order valence-corrected chi connectivity index (χ3v) is 2.65. The van der Waals surface area contributed by atoms with Gasteiger partial charge >= 0.3 is 0 Å². The van der Waals surface area contributed by atoms with E-state index in [0.717, 1.165) is 0 Å². The van der Waals surface area contributed by atoms with Crippen LogP contribution in [0.4, 0.5) is 5.69 Å². The Bertz CT molecular complexity index is 428. The van der Waals surface area contributed by atoms with E-state index < -0.39 is 11.8 Å². The van der Waals surface area contributed by atoms with Gasteiger partial charge in [0, 0.05) is 22.8 Å². The van der Waals surface area contributed by atoms with Gasteiger partial charge in [0.1, 0.15) is 0 Å². The van der Waals surface area contributed by atoms with Gasteiger partial charge in [0.25, 0.3) is 0 Å². The highest BCUT2D eigenvalue weighted by molar-refractivity contribution is 6.31. The molecule has 0 radical (unpaired) electrons. The fourth-order valence-electron chi connectivity index (χ4n) is 1.57. The number of benzene rings is 1. The molecular weight excluding hydrogens is 256 g/mol. The number of nitrogens with zero attached hydrogens (tertiary/aromatic N) is 1. The highest BCUT2D eigenvalue weighted by Gasteiger charge is 2.15. The monoisotopic (exact) mass is 270 g/mol. The molecular formula is C11H15ClN4O2. The highest BCUT2D eigenvalue weighted by atomic mass is 35.5. The minimum absolute atomic E-state index is 0.0897. The summed E-state index contributed by atoms with van der Waals surface area (Å²) in [7, 11) is 0. The number of hydrogen-bond donors (Lipinski definition) is 3. The van der Waals surface area contributed by atoms with Crippen molar-refractivity contribution in [2.24, 2.45) is 11.5 Å². The number of amides is 2. The van der Waals surface area contributed by atoms with Crippen molar-refractivity contribution in [1.82, 2.24) is 4.90 Å². The molecule has 2 amide bonds. The Kier molecular flexibility index (Phi) is 4.94. The van der Waals surface area contributed by atoms with Gasteiger partial charge in [-0.15, -0.1) is 0 Å². The van der Waals surface area contributed by atoms with E-state index in [4.69, 9.17) is 28.8 Å². The van der Waals surface area contributed by atoms with Gasteiger partial charge in [-0.3, -0.25) is 14.5 Å². The molecule has 0 saturated carbocycles. The van der Waals surface area contributed by atoms with Gasteiger partial charge in [0.2, 0.25) is 11.8 Å². The van der Waals surface area contributed by atoms with Crippen LogP contribution in [0.15, 0.2) is 18.2 Å². The lowest BCUT2D eigenvalue weighted by Crippen LogP contribution is -2.39. The van der Waals surface area contributed by atoms with E-state index in [0.29, 0.717) is 16.3 Å². The van der Waals surface area contributed by atoms with Crippen LogP contribution in [0.2, 0.25) is 5.02 Å². The van der Waals surface area contributed by atoms with E-state index in [1.807, 2.05) is 0 Å². The Balaban J connectivity index is 2.88. The maximum atomic E-state index is 10.9. The molecule has 7 heteroatoms. The number of carbonyl (C=O) groups excluding carboxylic acids is 2. The average molecular weight is 271 g/mol. The summed E-state index contributed by atoms with van der Waals surface area (Å²) in [6.07, 6.45) is 0. The Morgan fingerprint density at radius 2 is 1.72 bits per heavy atom. The first-order valence-corrected chi connectivity index (χ1v) is 5.59. The normalized spacial score (nSPS) is 10.6. The van der Waals surface area contributed by atoms with Crippen molar-refractivity contribution < 1.29 is 9.59 Å². The average Bonchev–Trinajstić information content (AvgIpc) is 2.21. The van der Waals surface area contributed by atoms with Crippen LogP contribution in [-0.2, 0) is 16.1 Å². The molecule has 0 fully saturated rings. The number of nitrogens with two attached hydrogens (primary N) is 3. The van der Waals surface area contributed by atoms with E-state index >= 15 is 0 Å². The standard InChI is InChI=1S/C11H15ClN4O2/c12-8-2-1-3-9(13)7(8)4-16(5-10(14)17)6-11(15)18/h1-3H,4-6,13H2,(H2,14,17)(H2,15,18). The van der Waals surface area contributed by atoms with Crippen LogP contribution < -0.4 is 17.2 Å². The van der Waals surface area contributed by atoms with Crippen LogP contribution in [-0.4, -0.2) is 29.8 Å². The highest BCUT2D eigenvalue weighted by Crippen LogP contribution is 2.23. The summed E-state index contributed by atoms with van der Waals surface area (Å²) in [5.74, 6) is -1.11. The molecule has 98 valence electrons. The summed E-state index contributed by atoms with van der Waals surface area (Å²) < 4.78 is 0. The smallest absolute Gasteiger partial charge is 0.231 e. The molecule has 0 heterocycles. The van der Waals surface area contributed by atoms with Crippen LogP contribution in [0.5, 0.6) is 0 Å². The van der Waals surface area contributed by atoms with E-state index in [1.54, 1.807) is 18.2 Å². The Morgan fingerprint density at radius 1 is 1.17 bits per heavy atom. The van der Waals surface area contributed by atoms with Crippen molar-refractivity contribution >= 4 is 29.1 Å². The van der Waals surface area contributed by atoms with Gasteiger partial charge in [0.15, 0.2) is 0 Å². The summed E-state index contributed by atoms with van der Waals surface area (Å²) in [5, 5.41) is 0.467. The van der Waals surface area contributed by atoms with Crippen LogP contribution in [0.3, 0.4) is 0 Å². The molecule has 0 spiro atoms. The van der Waals surface area contributed by atoms with E-state index in [2.05, 4.69) is 0 Å². The Morgan fingerprint density at radius 3 is 2.17 bits per heavy atom. The number of halogens is 1. The molecule has 1 aromatic rings. The lowest BCUT2D eigenvalue weighted by Gasteiger charge is -2.20. The maximum absolute atomic E-state index is 10.9. The number of primary amides is 2. The van der Waals surface area contributed by atoms with Crippen molar-refractivity contribution in [3.8, 4) is 0 Å². The zero-order chi connectivity index (χ0) is 13.7. The van der Waals surface area contributed by atoms with E-state index in [1.165, 1.54) is 4.90 Å². The third kappa shape index (κ3) is 4.23. The first-order valence-electron chi connectivity index (χ1n) is 5.22. The van der Waals surface area contributed by atoms with Gasteiger partial charge in [-0.2, -0.15) is 0 Å². The third-order valence-electron chi connectivity index (χ3n) is 2.30. The summed E-state index contributed by atoms with van der Waals surface area (Å²) >= 11 is 6.01.